The highest BCUT2D eigenvalue weighted by Gasteiger charge is 2.38. The summed E-state index contributed by atoms with van der Waals surface area (Å²) in [5.41, 5.74) is 3.28. The molecule has 1 aliphatic rings. The third-order valence-corrected chi connectivity index (χ3v) is 6.26. The van der Waals surface area contributed by atoms with E-state index in [4.69, 9.17) is 8.94 Å². The van der Waals surface area contributed by atoms with E-state index in [0.29, 0.717) is 11.5 Å². The number of aryl methyl sites for hydroxylation is 2. The van der Waals surface area contributed by atoms with Crippen LogP contribution in [0, 0.1) is 26.7 Å². The highest BCUT2D eigenvalue weighted by Crippen LogP contribution is 2.42. The average Bonchev–Trinajstić information content (AvgIpc) is 3.26. The lowest BCUT2D eigenvalue weighted by atomic mass is 10.1. The predicted octanol–water partition coefficient (Wildman–Crippen LogP) is 3.68. The second-order valence-corrected chi connectivity index (χ2v) is 8.63. The van der Waals surface area contributed by atoms with E-state index in [9.17, 15) is 8.42 Å². The number of sulfonamides is 1. The fraction of sp³-hybridized carbons (Fsp3) is 0.368. The molecule has 27 heavy (non-hydrogen) atoms. The quantitative estimate of drug-likeness (QED) is 0.693. The van der Waals surface area contributed by atoms with Crippen molar-refractivity contribution in [2.75, 3.05) is 0 Å². The Morgan fingerprint density at radius 1 is 1.19 bits per heavy atom. The molecule has 0 saturated heterocycles. The van der Waals surface area contributed by atoms with Crippen molar-refractivity contribution in [3.63, 3.8) is 0 Å². The molecular weight excluding hydrogens is 366 g/mol. The van der Waals surface area contributed by atoms with Gasteiger partial charge in [0.15, 0.2) is 5.76 Å². The van der Waals surface area contributed by atoms with E-state index in [1.807, 2.05) is 32.9 Å². The Bertz CT molecular complexity index is 1080. The van der Waals surface area contributed by atoms with E-state index in [-0.39, 0.29) is 17.1 Å². The van der Waals surface area contributed by atoms with Gasteiger partial charge in [-0.05, 0) is 63.3 Å². The molecule has 4 rings (SSSR count). The Balaban J connectivity index is 1.63. The lowest BCUT2D eigenvalue weighted by Gasteiger charge is -2.18. The van der Waals surface area contributed by atoms with Crippen LogP contribution in [0.25, 0.3) is 11.5 Å². The van der Waals surface area contributed by atoms with Gasteiger partial charge in [-0.15, -0.1) is 0 Å². The summed E-state index contributed by atoms with van der Waals surface area (Å²) < 4.78 is 39.5. The van der Waals surface area contributed by atoms with Crippen LogP contribution in [0.1, 0.15) is 41.4 Å². The maximum Gasteiger partial charge on any atom is 0.274 e. The molecule has 7 nitrogen and oxygen atoms in total. The maximum atomic E-state index is 12.9. The number of rotatable bonds is 6. The zero-order valence-electron chi connectivity index (χ0n) is 15.4. The summed E-state index contributed by atoms with van der Waals surface area (Å²) in [7, 11) is -3.84. The van der Waals surface area contributed by atoms with Crippen molar-refractivity contribution in [2.24, 2.45) is 5.92 Å². The smallest absolute Gasteiger partial charge is 0.274 e. The van der Waals surface area contributed by atoms with Crippen LogP contribution < -0.4 is 4.72 Å². The van der Waals surface area contributed by atoms with Crippen molar-refractivity contribution < 1.29 is 17.4 Å². The highest BCUT2D eigenvalue weighted by molar-refractivity contribution is 7.89. The molecule has 1 fully saturated rings. The summed E-state index contributed by atoms with van der Waals surface area (Å²) in [6, 6.07) is 6.44. The largest absolute Gasteiger partial charge is 0.440 e. The number of pyridine rings is 1. The third-order valence-electron chi connectivity index (χ3n) is 4.95. The van der Waals surface area contributed by atoms with E-state index in [0.717, 1.165) is 35.4 Å². The van der Waals surface area contributed by atoms with Crippen molar-refractivity contribution >= 4 is 10.0 Å². The molecule has 0 aromatic carbocycles. The number of hydrogen-bond acceptors (Lipinski definition) is 6. The molecule has 0 bridgehead atoms. The van der Waals surface area contributed by atoms with Crippen molar-refractivity contribution in [3.05, 3.63) is 53.0 Å². The van der Waals surface area contributed by atoms with Gasteiger partial charge in [-0.3, -0.25) is 4.98 Å². The van der Waals surface area contributed by atoms with Crippen LogP contribution in [0.5, 0.6) is 0 Å². The first kappa shape index (κ1) is 17.9. The molecule has 0 spiro atoms. The zero-order valence-corrected chi connectivity index (χ0v) is 16.2. The third kappa shape index (κ3) is 3.42. The predicted molar refractivity (Wildman–Crippen MR) is 98.4 cm³/mol. The minimum Gasteiger partial charge on any atom is -0.440 e. The number of nitrogens with one attached hydrogen (secondary N) is 1. The van der Waals surface area contributed by atoms with Gasteiger partial charge < -0.3 is 8.94 Å². The minimum absolute atomic E-state index is 0.148. The molecule has 1 atom stereocenters. The van der Waals surface area contributed by atoms with Gasteiger partial charge in [0, 0.05) is 11.8 Å². The summed E-state index contributed by atoms with van der Waals surface area (Å²) in [6.07, 6.45) is 3.64. The van der Waals surface area contributed by atoms with E-state index >= 15 is 0 Å². The topological polar surface area (TPSA) is 98.2 Å². The zero-order chi connectivity index (χ0) is 19.2. The summed E-state index contributed by atoms with van der Waals surface area (Å²) >= 11 is 0. The molecule has 3 heterocycles. The van der Waals surface area contributed by atoms with Gasteiger partial charge in [-0.25, -0.2) is 8.42 Å². The number of furan rings is 1. The van der Waals surface area contributed by atoms with E-state index < -0.39 is 10.0 Å². The van der Waals surface area contributed by atoms with Crippen molar-refractivity contribution in [3.8, 4) is 11.5 Å². The summed E-state index contributed by atoms with van der Waals surface area (Å²) in [5, 5.41) is 3.74. The van der Waals surface area contributed by atoms with Crippen molar-refractivity contribution in [1.82, 2.24) is 14.9 Å². The molecule has 0 aliphatic heterocycles. The molecular formula is C19H21N3O4S. The molecule has 0 radical (unpaired) electrons. The Morgan fingerprint density at radius 2 is 1.96 bits per heavy atom. The molecule has 3 aromatic heterocycles. The maximum absolute atomic E-state index is 12.9. The van der Waals surface area contributed by atoms with Crippen LogP contribution in [0.4, 0.5) is 0 Å². The van der Waals surface area contributed by atoms with E-state index in [2.05, 4.69) is 14.9 Å². The second-order valence-electron chi connectivity index (χ2n) is 6.98. The lowest BCUT2D eigenvalue weighted by molar-refractivity contribution is 0.395. The summed E-state index contributed by atoms with van der Waals surface area (Å²) in [5.74, 6) is 1.03. The monoisotopic (exact) mass is 387 g/mol. The van der Waals surface area contributed by atoms with Gasteiger partial charge in [-0.2, -0.15) is 4.72 Å². The molecule has 8 heteroatoms. The van der Waals surface area contributed by atoms with Crippen molar-refractivity contribution in [2.45, 2.75) is 44.7 Å². The average molecular weight is 387 g/mol. The van der Waals surface area contributed by atoms with Crippen LogP contribution >= 0.6 is 0 Å². The van der Waals surface area contributed by atoms with Gasteiger partial charge in [0.25, 0.3) is 10.0 Å². The molecule has 0 amide bonds. The first-order valence-electron chi connectivity index (χ1n) is 8.84. The number of hydrogen-bond donors (Lipinski definition) is 1. The van der Waals surface area contributed by atoms with Crippen LogP contribution in [-0.4, -0.2) is 18.6 Å². The van der Waals surface area contributed by atoms with Crippen LogP contribution in [-0.2, 0) is 10.0 Å². The Labute approximate surface area is 157 Å². The molecule has 1 unspecified atom stereocenters. The normalized spacial score (nSPS) is 15.8. The SMILES string of the molecule is Cc1cccnc1C(NS(=O)(=O)c1ccc(-c2onc(C)c2C)o1)C1CC1. The first-order chi connectivity index (χ1) is 12.9. The number of aromatic nitrogens is 2. The summed E-state index contributed by atoms with van der Waals surface area (Å²) in [4.78, 5) is 4.40. The fourth-order valence-electron chi connectivity index (χ4n) is 3.09. The van der Waals surface area contributed by atoms with E-state index in [1.54, 1.807) is 12.3 Å². The summed E-state index contributed by atoms with van der Waals surface area (Å²) in [6.45, 7) is 5.61. The molecule has 1 saturated carbocycles. The van der Waals surface area contributed by atoms with Crippen LogP contribution in [0.3, 0.4) is 0 Å². The molecule has 1 N–H and O–H groups in total. The molecule has 3 aromatic rings. The fourth-order valence-corrected chi connectivity index (χ4v) is 4.29. The number of nitrogens with zero attached hydrogens (tertiary/aromatic N) is 2. The standard InChI is InChI=1S/C19H21N3O4S/c1-11-5-4-10-20-17(11)18(14-6-7-14)22-27(23,24)16-9-8-15(25-16)19-12(2)13(3)21-26-19/h4-5,8-10,14,18,22H,6-7H2,1-3H3. The van der Waals surface area contributed by atoms with Crippen LogP contribution in [0.15, 0.2) is 44.5 Å². The minimum atomic E-state index is -3.84. The molecule has 1 aliphatic carbocycles. The van der Waals surface area contributed by atoms with Gasteiger partial charge >= 0.3 is 0 Å². The lowest BCUT2D eigenvalue weighted by Crippen LogP contribution is -2.30. The van der Waals surface area contributed by atoms with E-state index in [1.165, 1.54) is 6.07 Å². The Morgan fingerprint density at radius 3 is 2.59 bits per heavy atom. The Hall–Kier alpha value is -2.45. The van der Waals surface area contributed by atoms with Gasteiger partial charge in [0.05, 0.1) is 17.4 Å². The Kier molecular flexibility index (Phi) is 4.39. The highest BCUT2D eigenvalue weighted by atomic mass is 32.2. The molecule has 142 valence electrons. The van der Waals surface area contributed by atoms with Crippen molar-refractivity contribution in [1.29, 1.82) is 0 Å². The van der Waals surface area contributed by atoms with Gasteiger partial charge in [-0.1, -0.05) is 11.2 Å². The van der Waals surface area contributed by atoms with Gasteiger partial charge in [0.2, 0.25) is 10.9 Å². The first-order valence-corrected chi connectivity index (χ1v) is 10.3. The van der Waals surface area contributed by atoms with Gasteiger partial charge in [0.1, 0.15) is 0 Å². The van der Waals surface area contributed by atoms with Crippen LogP contribution in [0.2, 0.25) is 0 Å². The second kappa shape index (κ2) is 6.61.